The Balaban J connectivity index is 2.67. The van der Waals surface area contributed by atoms with Crippen molar-refractivity contribution in [2.75, 3.05) is 25.5 Å². The van der Waals surface area contributed by atoms with E-state index in [1.54, 1.807) is 0 Å². The molecule has 0 unspecified atom stereocenters. The van der Waals surface area contributed by atoms with E-state index in [4.69, 9.17) is 16.2 Å². The maximum absolute atomic E-state index is 13.5. The van der Waals surface area contributed by atoms with Gasteiger partial charge in [-0.1, -0.05) is 0 Å². The van der Waals surface area contributed by atoms with Gasteiger partial charge >= 0.3 is 0 Å². The molecule has 1 rings (SSSR count). The van der Waals surface area contributed by atoms with Gasteiger partial charge in [-0.2, -0.15) is 0 Å². The summed E-state index contributed by atoms with van der Waals surface area (Å²) < 4.78 is 44.2. The van der Waals surface area contributed by atoms with Gasteiger partial charge in [0.05, 0.1) is 11.5 Å². The Morgan fingerprint density at radius 1 is 1.45 bits per heavy atom. The van der Waals surface area contributed by atoms with Crippen LogP contribution in [0.25, 0.3) is 0 Å². The molecule has 0 spiro atoms. The molecule has 0 saturated heterocycles. The number of rotatable bonds is 7. The Morgan fingerprint density at radius 2 is 2.10 bits per heavy atom. The number of nitrogen functional groups attached to an aromatic ring is 1. The first kappa shape index (κ1) is 16.3. The van der Waals surface area contributed by atoms with Crippen LogP contribution < -0.4 is 16.2 Å². The molecule has 1 aromatic carbocycles. The van der Waals surface area contributed by atoms with Gasteiger partial charge in [-0.15, -0.1) is 0 Å². The Morgan fingerprint density at radius 3 is 2.65 bits per heavy atom. The SMILES string of the molecule is Cc1c(N)cc(S(=O)(=O)NCCOCC(N)=O)cc1F. The van der Waals surface area contributed by atoms with Crippen molar-refractivity contribution in [3.63, 3.8) is 0 Å². The zero-order valence-electron chi connectivity index (χ0n) is 10.8. The van der Waals surface area contributed by atoms with Crippen LogP contribution in [0.2, 0.25) is 0 Å². The Hall–Kier alpha value is -1.71. The van der Waals surface area contributed by atoms with Crippen molar-refractivity contribution in [1.82, 2.24) is 4.72 Å². The maximum Gasteiger partial charge on any atom is 0.243 e. The van der Waals surface area contributed by atoms with Crippen LogP contribution in [0, 0.1) is 12.7 Å². The normalized spacial score (nSPS) is 11.5. The van der Waals surface area contributed by atoms with E-state index < -0.39 is 21.7 Å². The van der Waals surface area contributed by atoms with Crippen LogP contribution in [-0.4, -0.2) is 34.1 Å². The van der Waals surface area contributed by atoms with Crippen molar-refractivity contribution in [3.8, 4) is 0 Å². The molecular weight excluding hydrogens is 289 g/mol. The Bertz CT molecular complexity index is 581. The fourth-order valence-corrected chi connectivity index (χ4v) is 2.39. The summed E-state index contributed by atoms with van der Waals surface area (Å²) in [6.45, 7) is 1.04. The number of carbonyl (C=O) groups excluding carboxylic acids is 1. The topological polar surface area (TPSA) is 125 Å². The number of hydrogen-bond acceptors (Lipinski definition) is 5. The predicted octanol–water partition coefficient (Wildman–Crippen LogP) is -0.503. The summed E-state index contributed by atoms with van der Waals surface area (Å²) in [5.41, 5.74) is 10.6. The highest BCUT2D eigenvalue weighted by Crippen LogP contribution is 2.20. The Labute approximate surface area is 116 Å². The van der Waals surface area contributed by atoms with Crippen molar-refractivity contribution in [2.45, 2.75) is 11.8 Å². The van der Waals surface area contributed by atoms with Crippen LogP contribution in [0.3, 0.4) is 0 Å². The predicted molar refractivity (Wildman–Crippen MR) is 70.8 cm³/mol. The third-order valence-electron chi connectivity index (χ3n) is 2.45. The van der Waals surface area contributed by atoms with Crippen molar-refractivity contribution >= 4 is 21.6 Å². The molecule has 0 aliphatic carbocycles. The second kappa shape index (κ2) is 6.64. The summed E-state index contributed by atoms with van der Waals surface area (Å²) >= 11 is 0. The van der Waals surface area contributed by atoms with Crippen LogP contribution in [0.15, 0.2) is 17.0 Å². The van der Waals surface area contributed by atoms with Gasteiger partial charge in [0.25, 0.3) is 0 Å². The number of hydrogen-bond donors (Lipinski definition) is 3. The lowest BCUT2D eigenvalue weighted by molar-refractivity contribution is -0.122. The third-order valence-corrected chi connectivity index (χ3v) is 3.89. The minimum atomic E-state index is -3.89. The lowest BCUT2D eigenvalue weighted by Crippen LogP contribution is -2.29. The number of halogens is 1. The molecule has 0 saturated carbocycles. The summed E-state index contributed by atoms with van der Waals surface area (Å²) in [5, 5.41) is 0. The highest BCUT2D eigenvalue weighted by Gasteiger charge is 2.16. The molecule has 0 atom stereocenters. The molecule has 0 fully saturated rings. The molecule has 0 aliphatic rings. The number of benzene rings is 1. The molecule has 7 nitrogen and oxygen atoms in total. The number of primary amides is 1. The summed E-state index contributed by atoms with van der Waals surface area (Å²) in [6.07, 6.45) is 0. The van der Waals surface area contributed by atoms with Gasteiger partial charge in [-0.3, -0.25) is 4.79 Å². The first-order valence-electron chi connectivity index (χ1n) is 5.65. The lowest BCUT2D eigenvalue weighted by atomic mass is 10.2. The first-order valence-corrected chi connectivity index (χ1v) is 7.13. The lowest BCUT2D eigenvalue weighted by Gasteiger charge is -2.09. The third kappa shape index (κ3) is 4.44. The van der Waals surface area contributed by atoms with Gasteiger partial charge in [0.2, 0.25) is 15.9 Å². The van der Waals surface area contributed by atoms with Crippen molar-refractivity contribution < 1.29 is 22.3 Å². The molecule has 0 heterocycles. The van der Waals surface area contributed by atoms with E-state index in [0.717, 1.165) is 6.07 Å². The van der Waals surface area contributed by atoms with Crippen LogP contribution in [0.5, 0.6) is 0 Å². The molecule has 0 bridgehead atoms. The fraction of sp³-hybridized carbons (Fsp3) is 0.364. The highest BCUT2D eigenvalue weighted by atomic mass is 32.2. The number of amides is 1. The zero-order valence-corrected chi connectivity index (χ0v) is 11.7. The molecule has 5 N–H and O–H groups in total. The summed E-state index contributed by atoms with van der Waals surface area (Å²) in [5.74, 6) is -1.35. The number of sulfonamides is 1. The van der Waals surface area contributed by atoms with E-state index in [1.807, 2.05) is 0 Å². The molecule has 1 amide bonds. The van der Waals surface area contributed by atoms with Gasteiger partial charge in [0.1, 0.15) is 12.4 Å². The summed E-state index contributed by atoms with van der Waals surface area (Å²) in [4.78, 5) is 10.1. The molecule has 1 aromatic rings. The number of anilines is 1. The molecule has 0 radical (unpaired) electrons. The second-order valence-corrected chi connectivity index (χ2v) is 5.80. The van der Waals surface area contributed by atoms with Crippen molar-refractivity contribution in [2.24, 2.45) is 5.73 Å². The monoisotopic (exact) mass is 305 g/mol. The Kier molecular flexibility index (Phi) is 5.43. The molecule has 0 aliphatic heterocycles. The average Bonchev–Trinajstić information content (AvgIpc) is 2.34. The maximum atomic E-state index is 13.5. The number of nitrogens with one attached hydrogen (secondary N) is 1. The van der Waals surface area contributed by atoms with Crippen molar-refractivity contribution in [3.05, 3.63) is 23.5 Å². The minimum absolute atomic E-state index is 0.0357. The minimum Gasteiger partial charge on any atom is -0.398 e. The number of carbonyl (C=O) groups is 1. The van der Waals surface area contributed by atoms with E-state index in [1.165, 1.54) is 13.0 Å². The quantitative estimate of drug-likeness (QED) is 0.462. The van der Waals surface area contributed by atoms with Gasteiger partial charge in [0.15, 0.2) is 0 Å². The smallest absolute Gasteiger partial charge is 0.243 e. The van der Waals surface area contributed by atoms with Gasteiger partial charge in [-0.25, -0.2) is 17.5 Å². The van der Waals surface area contributed by atoms with E-state index >= 15 is 0 Å². The summed E-state index contributed by atoms with van der Waals surface area (Å²) in [6, 6.07) is 2.06. The molecule has 20 heavy (non-hydrogen) atoms. The second-order valence-electron chi connectivity index (χ2n) is 4.04. The van der Waals surface area contributed by atoms with E-state index in [-0.39, 0.29) is 35.9 Å². The summed E-state index contributed by atoms with van der Waals surface area (Å²) in [7, 11) is -3.89. The first-order chi connectivity index (χ1) is 9.24. The molecule has 112 valence electrons. The highest BCUT2D eigenvalue weighted by molar-refractivity contribution is 7.89. The standard InChI is InChI=1S/C11H16FN3O4S/c1-7-9(12)4-8(5-10(7)13)20(17,18)15-2-3-19-6-11(14)16/h4-5,15H,2-3,6,13H2,1H3,(H2,14,16). The van der Waals surface area contributed by atoms with Gasteiger partial charge in [0, 0.05) is 17.8 Å². The molecule has 0 aromatic heterocycles. The fourth-order valence-electron chi connectivity index (χ4n) is 1.33. The largest absolute Gasteiger partial charge is 0.398 e. The van der Waals surface area contributed by atoms with Crippen LogP contribution in [0.1, 0.15) is 5.56 Å². The van der Waals surface area contributed by atoms with Gasteiger partial charge in [-0.05, 0) is 19.1 Å². The molecule has 9 heteroatoms. The van der Waals surface area contributed by atoms with Crippen molar-refractivity contribution in [1.29, 1.82) is 0 Å². The van der Waals surface area contributed by atoms with E-state index in [0.29, 0.717) is 0 Å². The number of nitrogens with two attached hydrogens (primary N) is 2. The van der Waals surface area contributed by atoms with Crippen LogP contribution in [0.4, 0.5) is 10.1 Å². The molecular formula is C11H16FN3O4S. The average molecular weight is 305 g/mol. The van der Waals surface area contributed by atoms with E-state index in [9.17, 15) is 17.6 Å². The van der Waals surface area contributed by atoms with Gasteiger partial charge < -0.3 is 16.2 Å². The zero-order chi connectivity index (χ0) is 15.3. The van der Waals surface area contributed by atoms with Crippen LogP contribution >= 0.6 is 0 Å². The number of ether oxygens (including phenoxy) is 1. The van der Waals surface area contributed by atoms with E-state index in [2.05, 4.69) is 4.72 Å². The van der Waals surface area contributed by atoms with Crippen LogP contribution in [-0.2, 0) is 19.6 Å².